The van der Waals surface area contributed by atoms with Crippen molar-refractivity contribution < 1.29 is 9.53 Å². The molecule has 1 aromatic carbocycles. The van der Waals surface area contributed by atoms with Crippen molar-refractivity contribution in [1.82, 2.24) is 5.32 Å². The average Bonchev–Trinajstić information content (AvgIpc) is 2.37. The lowest BCUT2D eigenvalue weighted by Gasteiger charge is -2.03. The first-order valence-corrected chi connectivity index (χ1v) is 6.22. The molecule has 0 atom stereocenters. The third-order valence-electron chi connectivity index (χ3n) is 2.04. The molecule has 0 radical (unpaired) electrons. The number of carbonyl (C=O) groups is 1. The quantitative estimate of drug-likeness (QED) is 0.618. The number of benzene rings is 1. The molecule has 17 heavy (non-hydrogen) atoms. The molecule has 0 fully saturated rings. The molecule has 1 amide bonds. The number of hydrogen-bond donors (Lipinski definition) is 1. The van der Waals surface area contributed by atoms with Crippen LogP contribution < -0.4 is 10.1 Å². The third-order valence-corrected chi connectivity index (χ3v) is 3.06. The van der Waals surface area contributed by atoms with Crippen LogP contribution in [0, 0.1) is 12.3 Å². The highest BCUT2D eigenvalue weighted by Gasteiger charge is 2.00. The van der Waals surface area contributed by atoms with Gasteiger partial charge in [-0.25, -0.2) is 0 Å². The second-order valence-electron chi connectivity index (χ2n) is 3.25. The molecule has 3 nitrogen and oxygen atoms in total. The summed E-state index contributed by atoms with van der Waals surface area (Å²) in [6.07, 6.45) is 5.51. The Balaban J connectivity index is 2.26. The number of carbonyl (C=O) groups excluding carboxylic acids is 1. The number of ether oxygens (including phenoxy) is 1. The maximum absolute atomic E-state index is 11.3. The Labute approximate surface area is 106 Å². The smallest absolute Gasteiger partial charge is 0.221 e. The molecule has 0 aromatic heterocycles. The Morgan fingerprint density at radius 3 is 2.76 bits per heavy atom. The van der Waals surface area contributed by atoms with Crippen LogP contribution in [0.1, 0.15) is 6.42 Å². The summed E-state index contributed by atoms with van der Waals surface area (Å²) < 4.78 is 5.06. The zero-order valence-electron chi connectivity index (χ0n) is 9.73. The summed E-state index contributed by atoms with van der Waals surface area (Å²) >= 11 is 1.63. The topological polar surface area (TPSA) is 38.3 Å². The first-order valence-electron chi connectivity index (χ1n) is 5.23. The molecular weight excluding hydrogens is 234 g/mol. The normalized spacial score (nSPS) is 9.41. The van der Waals surface area contributed by atoms with Crippen LogP contribution in [0.4, 0.5) is 0 Å². The van der Waals surface area contributed by atoms with Crippen LogP contribution in [-0.2, 0) is 4.79 Å². The molecule has 0 unspecified atom stereocenters. The molecule has 90 valence electrons. The first-order chi connectivity index (χ1) is 8.26. The van der Waals surface area contributed by atoms with Gasteiger partial charge in [0.25, 0.3) is 0 Å². The van der Waals surface area contributed by atoms with E-state index in [-0.39, 0.29) is 5.91 Å². The summed E-state index contributed by atoms with van der Waals surface area (Å²) in [5, 5.41) is 2.63. The van der Waals surface area contributed by atoms with Crippen LogP contribution in [0.2, 0.25) is 0 Å². The second kappa shape index (κ2) is 7.64. The molecule has 0 bridgehead atoms. The standard InChI is InChI=1S/C13H15NO2S/c1-3-9-14-13(15)8-10-17-12-6-4-11(16-2)5-7-12/h1,4-7H,8-10H2,2H3,(H,14,15). The van der Waals surface area contributed by atoms with Crippen molar-refractivity contribution in [3.05, 3.63) is 24.3 Å². The van der Waals surface area contributed by atoms with Crippen molar-refractivity contribution in [2.75, 3.05) is 19.4 Å². The fourth-order valence-corrected chi connectivity index (χ4v) is 2.02. The Bertz CT molecular complexity index is 395. The Hall–Kier alpha value is -1.60. The van der Waals surface area contributed by atoms with Gasteiger partial charge < -0.3 is 10.1 Å². The number of rotatable bonds is 6. The van der Waals surface area contributed by atoms with Gasteiger partial charge in [-0.05, 0) is 24.3 Å². The van der Waals surface area contributed by atoms with Gasteiger partial charge in [-0.3, -0.25) is 4.79 Å². The molecule has 0 aliphatic carbocycles. The lowest BCUT2D eigenvalue weighted by atomic mass is 10.3. The largest absolute Gasteiger partial charge is 0.497 e. The second-order valence-corrected chi connectivity index (χ2v) is 4.42. The highest BCUT2D eigenvalue weighted by atomic mass is 32.2. The van der Waals surface area contributed by atoms with E-state index < -0.39 is 0 Å². The van der Waals surface area contributed by atoms with Crippen LogP contribution in [-0.4, -0.2) is 25.3 Å². The van der Waals surface area contributed by atoms with Gasteiger partial charge in [0, 0.05) is 17.1 Å². The monoisotopic (exact) mass is 249 g/mol. The molecule has 0 aliphatic rings. The van der Waals surface area contributed by atoms with E-state index in [0.717, 1.165) is 16.4 Å². The number of nitrogens with one attached hydrogen (secondary N) is 1. The SMILES string of the molecule is C#CCNC(=O)CCSc1ccc(OC)cc1. The summed E-state index contributed by atoms with van der Waals surface area (Å²) in [6, 6.07) is 7.76. The van der Waals surface area contributed by atoms with Gasteiger partial charge >= 0.3 is 0 Å². The van der Waals surface area contributed by atoms with Gasteiger partial charge in [0.2, 0.25) is 5.91 Å². The molecular formula is C13H15NO2S. The van der Waals surface area contributed by atoms with E-state index in [4.69, 9.17) is 11.2 Å². The van der Waals surface area contributed by atoms with Gasteiger partial charge in [0.1, 0.15) is 5.75 Å². The predicted octanol–water partition coefficient (Wildman–Crippen LogP) is 1.93. The average molecular weight is 249 g/mol. The van der Waals surface area contributed by atoms with Crippen LogP contribution in [0.5, 0.6) is 5.75 Å². The van der Waals surface area contributed by atoms with Crippen molar-refractivity contribution in [1.29, 1.82) is 0 Å². The van der Waals surface area contributed by atoms with Gasteiger partial charge in [-0.1, -0.05) is 5.92 Å². The van der Waals surface area contributed by atoms with Gasteiger partial charge in [-0.2, -0.15) is 0 Å². The molecule has 1 N–H and O–H groups in total. The molecule has 0 saturated carbocycles. The summed E-state index contributed by atoms with van der Waals surface area (Å²) in [6.45, 7) is 0.298. The zero-order valence-corrected chi connectivity index (χ0v) is 10.5. The minimum atomic E-state index is -0.0102. The minimum absolute atomic E-state index is 0.0102. The van der Waals surface area contributed by atoms with E-state index in [1.165, 1.54) is 0 Å². The molecule has 1 aromatic rings. The fraction of sp³-hybridized carbons (Fsp3) is 0.308. The molecule has 0 saturated heterocycles. The van der Waals surface area contributed by atoms with Crippen molar-refractivity contribution in [3.8, 4) is 18.1 Å². The van der Waals surface area contributed by atoms with Crippen molar-refractivity contribution in [2.45, 2.75) is 11.3 Å². The molecule has 0 aliphatic heterocycles. The predicted molar refractivity (Wildman–Crippen MR) is 70.2 cm³/mol. The molecule has 0 spiro atoms. The maximum Gasteiger partial charge on any atom is 0.221 e. The Morgan fingerprint density at radius 1 is 1.47 bits per heavy atom. The highest BCUT2D eigenvalue weighted by Crippen LogP contribution is 2.21. The number of methoxy groups -OCH3 is 1. The van der Waals surface area contributed by atoms with Crippen molar-refractivity contribution in [3.63, 3.8) is 0 Å². The third kappa shape index (κ3) is 5.32. The number of terminal acetylenes is 1. The van der Waals surface area contributed by atoms with Crippen LogP contribution in [0.15, 0.2) is 29.2 Å². The van der Waals surface area contributed by atoms with Gasteiger partial charge in [-0.15, -0.1) is 18.2 Å². The summed E-state index contributed by atoms with van der Waals surface area (Å²) in [4.78, 5) is 12.4. The van der Waals surface area contributed by atoms with E-state index in [1.807, 2.05) is 24.3 Å². The molecule has 4 heteroatoms. The zero-order chi connectivity index (χ0) is 12.5. The summed E-state index contributed by atoms with van der Waals surface area (Å²) in [5.41, 5.74) is 0. The van der Waals surface area contributed by atoms with E-state index in [1.54, 1.807) is 18.9 Å². The van der Waals surface area contributed by atoms with Crippen molar-refractivity contribution in [2.24, 2.45) is 0 Å². The van der Waals surface area contributed by atoms with Gasteiger partial charge in [0.15, 0.2) is 0 Å². The van der Waals surface area contributed by atoms with E-state index in [9.17, 15) is 4.79 Å². The number of thioether (sulfide) groups is 1. The maximum atomic E-state index is 11.3. The Morgan fingerprint density at radius 2 is 2.18 bits per heavy atom. The lowest BCUT2D eigenvalue weighted by Crippen LogP contribution is -2.23. The van der Waals surface area contributed by atoms with Crippen LogP contribution in [0.25, 0.3) is 0 Å². The van der Waals surface area contributed by atoms with Gasteiger partial charge in [0.05, 0.1) is 13.7 Å². The number of hydrogen-bond acceptors (Lipinski definition) is 3. The lowest BCUT2D eigenvalue weighted by molar-refractivity contribution is -0.120. The van der Waals surface area contributed by atoms with Crippen molar-refractivity contribution >= 4 is 17.7 Å². The van der Waals surface area contributed by atoms with Crippen LogP contribution >= 0.6 is 11.8 Å². The first kappa shape index (κ1) is 13.5. The minimum Gasteiger partial charge on any atom is -0.497 e. The summed E-state index contributed by atoms with van der Waals surface area (Å²) in [5.74, 6) is 3.93. The Kier molecular flexibility index (Phi) is 6.05. The molecule has 1 rings (SSSR count). The number of amides is 1. The van der Waals surface area contributed by atoms with E-state index >= 15 is 0 Å². The van der Waals surface area contributed by atoms with E-state index in [0.29, 0.717) is 13.0 Å². The van der Waals surface area contributed by atoms with Crippen LogP contribution in [0.3, 0.4) is 0 Å². The van der Waals surface area contributed by atoms with E-state index in [2.05, 4.69) is 11.2 Å². The summed E-state index contributed by atoms with van der Waals surface area (Å²) in [7, 11) is 1.64. The fourth-order valence-electron chi connectivity index (χ4n) is 1.17. The highest BCUT2D eigenvalue weighted by molar-refractivity contribution is 7.99. The molecule has 0 heterocycles.